The van der Waals surface area contributed by atoms with Gasteiger partial charge >= 0.3 is 10.3 Å². The van der Waals surface area contributed by atoms with Gasteiger partial charge in [-0.05, 0) is 61.2 Å². The van der Waals surface area contributed by atoms with Gasteiger partial charge in [0.2, 0.25) is 17.7 Å². The van der Waals surface area contributed by atoms with Crippen LogP contribution in [0.3, 0.4) is 0 Å². The van der Waals surface area contributed by atoms with Gasteiger partial charge in [0.25, 0.3) is 10.0 Å². The second-order valence-electron chi connectivity index (χ2n) is 14.8. The van der Waals surface area contributed by atoms with Crippen LogP contribution >= 0.6 is 0 Å². The van der Waals surface area contributed by atoms with Crippen LogP contribution in [0, 0.1) is 6.92 Å². The molecule has 0 spiro atoms. The molecule has 1 unspecified atom stereocenters. The lowest BCUT2D eigenvalue weighted by Gasteiger charge is -2.55. The Labute approximate surface area is 348 Å². The van der Waals surface area contributed by atoms with Crippen LogP contribution in [0.1, 0.15) is 46.0 Å². The molecule has 1 aromatic heterocycles. The number of hydrazine groups is 1. The molecule has 0 radical (unpaired) electrons. The van der Waals surface area contributed by atoms with Crippen molar-refractivity contribution in [3.05, 3.63) is 144 Å². The maximum absolute atomic E-state index is 14.9. The third-order valence-electron chi connectivity index (χ3n) is 10.7. The molecule has 312 valence electrons. The summed E-state index contributed by atoms with van der Waals surface area (Å²) >= 11 is 0. The van der Waals surface area contributed by atoms with Crippen LogP contribution in [0.15, 0.2) is 121 Å². The van der Waals surface area contributed by atoms with E-state index in [1.807, 2.05) is 37.3 Å². The van der Waals surface area contributed by atoms with Crippen molar-refractivity contribution in [2.45, 2.75) is 56.8 Å². The molecule has 15 nitrogen and oxygen atoms in total. The number of ketones is 1. The number of hydrogen-bond acceptors (Lipinski definition) is 10. The number of nitrogens with two attached hydrogens (primary N) is 1. The van der Waals surface area contributed by atoms with Gasteiger partial charge in [0.1, 0.15) is 18.0 Å². The quantitative estimate of drug-likeness (QED) is 0.127. The molecule has 2 fully saturated rings. The molecular weight excluding hydrogens is 809 g/mol. The lowest BCUT2D eigenvalue weighted by molar-refractivity contribution is -0.205. The third-order valence-corrected chi connectivity index (χ3v) is 12.8. The van der Waals surface area contributed by atoms with Crippen LogP contribution in [0.5, 0.6) is 5.75 Å². The second-order valence-corrected chi connectivity index (χ2v) is 17.8. The highest BCUT2D eigenvalue weighted by Gasteiger charge is 2.51. The minimum atomic E-state index is -4.30. The first-order valence-corrected chi connectivity index (χ1v) is 22.1. The number of aromatic nitrogens is 1. The highest BCUT2D eigenvalue weighted by Crippen LogP contribution is 2.34. The second kappa shape index (κ2) is 16.8. The highest BCUT2D eigenvalue weighted by atomic mass is 32.2. The summed E-state index contributed by atoms with van der Waals surface area (Å²) in [6.07, 6.45) is 2.40. The van der Waals surface area contributed by atoms with Crippen LogP contribution < -0.4 is 9.32 Å². The number of benzene rings is 4. The Morgan fingerprint density at radius 1 is 0.900 bits per heavy atom. The number of para-hydroxylation sites is 1. The lowest BCUT2D eigenvalue weighted by atomic mass is 9.97. The summed E-state index contributed by atoms with van der Waals surface area (Å²) in [5.74, 6) is -1.56. The summed E-state index contributed by atoms with van der Waals surface area (Å²) in [6.45, 7) is 6.72. The average molecular weight is 853 g/mol. The Morgan fingerprint density at radius 2 is 1.60 bits per heavy atom. The van der Waals surface area contributed by atoms with Crippen LogP contribution in [0.4, 0.5) is 0 Å². The molecule has 3 amide bonds. The van der Waals surface area contributed by atoms with E-state index in [1.54, 1.807) is 53.5 Å². The molecular formula is C43H44N6O9S2. The van der Waals surface area contributed by atoms with Crippen molar-refractivity contribution < 1.29 is 40.2 Å². The fourth-order valence-electron chi connectivity index (χ4n) is 7.90. The predicted molar refractivity (Wildman–Crippen MR) is 223 cm³/mol. The number of hydrogen-bond donors (Lipinski definition) is 1. The van der Waals surface area contributed by atoms with Crippen LogP contribution in [-0.4, -0.2) is 96.0 Å². The molecule has 4 aromatic carbocycles. The molecule has 2 atom stereocenters. The number of aryl methyl sites for hydroxylation is 2. The van der Waals surface area contributed by atoms with E-state index in [-0.39, 0.29) is 72.4 Å². The summed E-state index contributed by atoms with van der Waals surface area (Å²) in [4.78, 5) is 59.3. The van der Waals surface area contributed by atoms with Gasteiger partial charge in [-0.2, -0.15) is 13.6 Å². The Morgan fingerprint density at radius 3 is 2.25 bits per heavy atom. The van der Waals surface area contributed by atoms with Gasteiger partial charge in [0.15, 0.2) is 5.78 Å². The minimum Gasteiger partial charge on any atom is -0.371 e. The summed E-state index contributed by atoms with van der Waals surface area (Å²) in [5, 5.41) is 8.57. The molecule has 3 heterocycles. The molecule has 60 heavy (non-hydrogen) atoms. The zero-order valence-corrected chi connectivity index (χ0v) is 34.6. The van der Waals surface area contributed by atoms with E-state index in [0.29, 0.717) is 22.9 Å². The fraction of sp³-hybridized carbons (Fsp3) is 0.256. The van der Waals surface area contributed by atoms with E-state index in [9.17, 15) is 36.0 Å². The zero-order valence-electron chi connectivity index (χ0n) is 33.0. The molecule has 2 N–H and O–H groups in total. The van der Waals surface area contributed by atoms with Crippen LogP contribution in [-0.2, 0) is 54.1 Å². The Hall–Kier alpha value is -6.14. The van der Waals surface area contributed by atoms with E-state index in [1.165, 1.54) is 52.2 Å². The van der Waals surface area contributed by atoms with Crippen molar-refractivity contribution in [3.63, 3.8) is 0 Å². The smallest absolute Gasteiger partial charge is 0.371 e. The highest BCUT2D eigenvalue weighted by molar-refractivity contribution is 7.90. The lowest BCUT2D eigenvalue weighted by Crippen LogP contribution is -2.75. The summed E-state index contributed by atoms with van der Waals surface area (Å²) < 4.78 is 57.5. The first-order valence-electron chi connectivity index (χ1n) is 19.1. The molecule has 2 aliphatic rings. The number of fused-ring (bicyclic) bond motifs is 2. The number of nitrogens with zero attached hydrogens (tertiary/aromatic N) is 5. The summed E-state index contributed by atoms with van der Waals surface area (Å²) in [6, 6.07) is 25.6. The number of amides is 3. The largest absolute Gasteiger partial charge is 0.380 e. The Bertz CT molecular complexity index is 2700. The molecule has 2 aliphatic heterocycles. The number of piperazine rings is 1. The molecule has 7 rings (SSSR count). The molecule has 17 heteroatoms. The van der Waals surface area contributed by atoms with Gasteiger partial charge < -0.3 is 14.0 Å². The van der Waals surface area contributed by atoms with Crippen LogP contribution in [0.2, 0.25) is 0 Å². The molecule has 0 bridgehead atoms. The van der Waals surface area contributed by atoms with Gasteiger partial charge in [-0.25, -0.2) is 22.4 Å². The standard InChI is InChI=1S/C43H44N6O9S2/c1-4-23-46-28-41(52)48-38(24-32-15-18-34(19-16-32)58-60(44,56)57)43(53)45(27-39(48)49(46)40(51)22-17-31-9-6-5-7-10-31)25-33-11-8-12-36-37(30(3)50)26-47(42(33)36)59(54,55)35-20-13-29(2)14-21-35/h4-16,18-21,26,38-39H,1,17,22-25,27-28H2,2-3H3,(H2,44,56,57)/t38?,39-/m0/s1. The Balaban J connectivity index is 1.32. The topological polar surface area (TPSA) is 190 Å². The van der Waals surface area contributed by atoms with Crippen molar-refractivity contribution in [2.75, 3.05) is 19.6 Å². The van der Waals surface area contributed by atoms with E-state index in [4.69, 9.17) is 9.32 Å². The zero-order chi connectivity index (χ0) is 42.9. The maximum atomic E-state index is 14.9. The van der Waals surface area contributed by atoms with Crippen molar-refractivity contribution in [2.24, 2.45) is 5.14 Å². The van der Waals surface area contributed by atoms with E-state index in [0.717, 1.165) is 15.1 Å². The summed E-state index contributed by atoms with van der Waals surface area (Å²) in [5.41, 5.74) is 3.15. The van der Waals surface area contributed by atoms with Crippen molar-refractivity contribution in [1.82, 2.24) is 23.8 Å². The first-order chi connectivity index (χ1) is 28.5. The van der Waals surface area contributed by atoms with Gasteiger partial charge in [0.05, 0.1) is 23.5 Å². The number of carbonyl (C=O) groups is 4. The minimum absolute atomic E-state index is 0.00725. The van der Waals surface area contributed by atoms with Crippen molar-refractivity contribution in [3.8, 4) is 5.75 Å². The molecule has 0 aliphatic carbocycles. The van der Waals surface area contributed by atoms with Gasteiger partial charge in [-0.1, -0.05) is 84.4 Å². The predicted octanol–water partition coefficient (Wildman–Crippen LogP) is 3.96. The van der Waals surface area contributed by atoms with Gasteiger partial charge in [-0.3, -0.25) is 19.2 Å². The summed E-state index contributed by atoms with van der Waals surface area (Å²) in [7, 11) is -8.55. The number of carbonyl (C=O) groups excluding carboxylic acids is 4. The van der Waals surface area contributed by atoms with Gasteiger partial charge in [-0.15, -0.1) is 6.58 Å². The van der Waals surface area contributed by atoms with E-state index in [2.05, 4.69) is 6.58 Å². The van der Waals surface area contributed by atoms with Crippen molar-refractivity contribution in [1.29, 1.82) is 0 Å². The monoisotopic (exact) mass is 852 g/mol. The number of rotatable bonds is 14. The first kappa shape index (κ1) is 42.0. The van der Waals surface area contributed by atoms with E-state index < -0.39 is 44.3 Å². The normalized spacial score (nSPS) is 17.5. The number of Topliss-reactive ketones (excluding diaryl/α,β-unsaturated/α-hetero) is 1. The van der Waals surface area contributed by atoms with E-state index >= 15 is 0 Å². The van der Waals surface area contributed by atoms with Crippen LogP contribution in [0.25, 0.3) is 10.9 Å². The molecule has 5 aromatic rings. The molecule has 0 saturated carbocycles. The van der Waals surface area contributed by atoms with Crippen molar-refractivity contribution >= 4 is 54.7 Å². The Kier molecular flexibility index (Phi) is 11.8. The third kappa shape index (κ3) is 8.60. The average Bonchev–Trinajstić information content (AvgIpc) is 3.62. The molecule has 2 saturated heterocycles. The maximum Gasteiger partial charge on any atom is 0.380 e. The van der Waals surface area contributed by atoms with Gasteiger partial charge in [0, 0.05) is 43.1 Å². The fourth-order valence-corrected chi connectivity index (χ4v) is 9.69. The SMILES string of the molecule is C=CCN1CC(=O)N2C(Cc3ccc(OS(N)(=O)=O)cc3)C(=O)N(Cc3cccc4c(C(C)=O)cn(S(=O)(=O)c5ccc(C)cc5)c34)C[C@@H]2N1C(=O)CCc1ccccc1.